The molecule has 13 heavy (non-hydrogen) atoms. The van der Waals surface area contributed by atoms with Gasteiger partial charge < -0.3 is 22.6 Å². The van der Waals surface area contributed by atoms with Gasteiger partial charge in [-0.3, -0.25) is 4.79 Å². The number of piperidine rings is 3. The van der Waals surface area contributed by atoms with E-state index in [-0.39, 0.29) is 18.3 Å². The minimum absolute atomic E-state index is 0. The van der Waals surface area contributed by atoms with Crippen molar-refractivity contribution >= 4 is 5.91 Å². The first-order chi connectivity index (χ1) is 5.75. The Bertz CT molecular complexity index is 190. The highest BCUT2D eigenvalue weighted by Crippen LogP contribution is 2.17. The second-order valence-corrected chi connectivity index (χ2v) is 4.10. The van der Waals surface area contributed by atoms with Crippen molar-refractivity contribution in [3.05, 3.63) is 0 Å². The van der Waals surface area contributed by atoms with Crippen molar-refractivity contribution in [1.82, 2.24) is 5.32 Å². The highest BCUT2D eigenvalue weighted by molar-refractivity contribution is 5.73. The highest BCUT2D eigenvalue weighted by Gasteiger charge is 2.37. The van der Waals surface area contributed by atoms with Crippen LogP contribution in [0.15, 0.2) is 0 Å². The number of carbonyl (C=O) groups excluding carboxylic acids is 1. The number of hydrogen-bond acceptors (Lipinski definition) is 1. The average Bonchev–Trinajstić information content (AvgIpc) is 2.05. The standard InChI is InChI=1S/C9H16N2O.ClH/c1-7(12)10-9-6-11-4-2-8(9)3-5-11;/h8-9H,2-6H2,1H3,(H,10,12);1H. The maximum atomic E-state index is 10.9. The molecule has 3 aliphatic rings. The van der Waals surface area contributed by atoms with Crippen molar-refractivity contribution in [3.8, 4) is 0 Å². The monoisotopic (exact) mass is 204 g/mol. The average molecular weight is 205 g/mol. The summed E-state index contributed by atoms with van der Waals surface area (Å²) < 4.78 is 0. The molecule has 2 bridgehead atoms. The van der Waals surface area contributed by atoms with Crippen molar-refractivity contribution in [2.45, 2.75) is 25.8 Å². The maximum absolute atomic E-state index is 10.9. The molecule has 0 spiro atoms. The minimum atomic E-state index is 0. The van der Waals surface area contributed by atoms with Gasteiger partial charge in [-0.1, -0.05) is 0 Å². The molecule has 3 aliphatic heterocycles. The summed E-state index contributed by atoms with van der Waals surface area (Å²) in [4.78, 5) is 12.5. The van der Waals surface area contributed by atoms with Crippen molar-refractivity contribution in [1.29, 1.82) is 0 Å². The molecule has 0 aromatic carbocycles. The van der Waals surface area contributed by atoms with Gasteiger partial charge in [0.2, 0.25) is 5.91 Å². The number of amides is 1. The summed E-state index contributed by atoms with van der Waals surface area (Å²) in [7, 11) is 0. The van der Waals surface area contributed by atoms with Crippen LogP contribution in [-0.4, -0.2) is 31.6 Å². The summed E-state index contributed by atoms with van der Waals surface area (Å²) in [5, 5.41) is 3.05. The normalized spacial score (nSPS) is 36.5. The van der Waals surface area contributed by atoms with Gasteiger partial charge in [0.15, 0.2) is 0 Å². The molecule has 3 heterocycles. The number of hydrogen-bond donors (Lipinski definition) is 2. The lowest BCUT2D eigenvalue weighted by Gasteiger charge is -2.41. The molecule has 1 atom stereocenters. The zero-order chi connectivity index (χ0) is 8.55. The molecule has 1 unspecified atom stereocenters. The van der Waals surface area contributed by atoms with Gasteiger partial charge in [-0.05, 0) is 5.92 Å². The third-order valence-electron chi connectivity index (χ3n) is 3.20. The number of rotatable bonds is 1. The van der Waals surface area contributed by atoms with Crippen LogP contribution in [0.5, 0.6) is 0 Å². The van der Waals surface area contributed by atoms with E-state index in [1.165, 1.54) is 25.9 Å². The molecule has 0 aliphatic carbocycles. The van der Waals surface area contributed by atoms with Gasteiger partial charge in [-0.2, -0.15) is 0 Å². The summed E-state index contributed by atoms with van der Waals surface area (Å²) >= 11 is 0. The van der Waals surface area contributed by atoms with Gasteiger partial charge in [0, 0.05) is 19.8 Å². The number of carbonyl (C=O) groups is 1. The predicted molar refractivity (Wildman–Crippen MR) is 45.9 cm³/mol. The van der Waals surface area contributed by atoms with Crippen LogP contribution in [0.2, 0.25) is 0 Å². The van der Waals surface area contributed by atoms with E-state index in [4.69, 9.17) is 0 Å². The molecule has 3 nitrogen and oxygen atoms in total. The van der Waals surface area contributed by atoms with Gasteiger partial charge in [0.05, 0.1) is 25.7 Å². The summed E-state index contributed by atoms with van der Waals surface area (Å²) in [5.74, 6) is 0.902. The van der Waals surface area contributed by atoms with Crippen LogP contribution < -0.4 is 22.6 Å². The van der Waals surface area contributed by atoms with Crippen LogP contribution in [0.4, 0.5) is 0 Å². The zero-order valence-electron chi connectivity index (χ0n) is 7.98. The molecule has 0 aromatic rings. The lowest BCUT2D eigenvalue weighted by atomic mass is 9.84. The van der Waals surface area contributed by atoms with Crippen LogP contribution in [-0.2, 0) is 4.79 Å². The van der Waals surface area contributed by atoms with Gasteiger partial charge in [-0.15, -0.1) is 0 Å². The quantitative estimate of drug-likeness (QED) is 0.447. The second-order valence-electron chi connectivity index (χ2n) is 4.10. The van der Waals surface area contributed by atoms with Crippen LogP contribution in [0, 0.1) is 5.92 Å². The third-order valence-corrected chi connectivity index (χ3v) is 3.20. The fraction of sp³-hybridized carbons (Fsp3) is 0.889. The highest BCUT2D eigenvalue weighted by atomic mass is 35.5. The molecule has 1 amide bonds. The maximum Gasteiger partial charge on any atom is 0.217 e. The smallest absolute Gasteiger partial charge is 0.217 e. The summed E-state index contributed by atoms with van der Waals surface area (Å²) in [6.07, 6.45) is 2.61. The molecular weight excluding hydrogens is 188 g/mol. The van der Waals surface area contributed by atoms with Gasteiger partial charge >= 0.3 is 0 Å². The molecule has 76 valence electrons. The summed E-state index contributed by atoms with van der Waals surface area (Å²) in [5.41, 5.74) is 0. The Morgan fingerprint density at radius 2 is 2.00 bits per heavy atom. The Labute approximate surface area is 85.3 Å². The second kappa shape index (κ2) is 4.29. The first-order valence-corrected chi connectivity index (χ1v) is 4.86. The number of fused-ring (bicyclic) bond motifs is 3. The molecule has 0 radical (unpaired) electrons. The largest absolute Gasteiger partial charge is 1.00 e. The Hall–Kier alpha value is -0.280. The fourth-order valence-corrected chi connectivity index (χ4v) is 2.56. The fourth-order valence-electron chi connectivity index (χ4n) is 2.56. The Balaban J connectivity index is 0.000000845. The lowest BCUT2D eigenvalue weighted by Crippen LogP contribution is -3.17. The molecule has 0 saturated carbocycles. The molecular formula is C9H17ClN2O. The van der Waals surface area contributed by atoms with Crippen molar-refractivity contribution in [2.75, 3.05) is 19.6 Å². The van der Waals surface area contributed by atoms with Gasteiger partial charge in [0.1, 0.15) is 0 Å². The zero-order valence-corrected chi connectivity index (χ0v) is 8.73. The Morgan fingerprint density at radius 3 is 2.38 bits per heavy atom. The van der Waals surface area contributed by atoms with Crippen LogP contribution in [0.3, 0.4) is 0 Å². The van der Waals surface area contributed by atoms with E-state index in [0.717, 1.165) is 12.5 Å². The predicted octanol–water partition coefficient (Wildman–Crippen LogP) is -4.20. The van der Waals surface area contributed by atoms with Crippen molar-refractivity contribution < 1.29 is 22.1 Å². The van der Waals surface area contributed by atoms with Crippen molar-refractivity contribution in [3.63, 3.8) is 0 Å². The molecule has 3 saturated heterocycles. The first kappa shape index (κ1) is 10.8. The van der Waals surface area contributed by atoms with E-state index in [1.807, 2.05) is 0 Å². The van der Waals surface area contributed by atoms with E-state index < -0.39 is 0 Å². The molecule has 0 aromatic heterocycles. The topological polar surface area (TPSA) is 33.5 Å². The van der Waals surface area contributed by atoms with Crippen LogP contribution >= 0.6 is 0 Å². The van der Waals surface area contributed by atoms with E-state index in [9.17, 15) is 4.79 Å². The van der Waals surface area contributed by atoms with E-state index >= 15 is 0 Å². The van der Waals surface area contributed by atoms with Gasteiger partial charge in [0.25, 0.3) is 0 Å². The van der Waals surface area contributed by atoms with Crippen molar-refractivity contribution in [2.24, 2.45) is 5.92 Å². The van der Waals surface area contributed by atoms with Crippen LogP contribution in [0.25, 0.3) is 0 Å². The SMILES string of the molecule is CC(=O)NC1C[NH+]2CCC1CC2.[Cl-]. The van der Waals surface area contributed by atoms with Gasteiger partial charge in [-0.25, -0.2) is 0 Å². The van der Waals surface area contributed by atoms with E-state index in [2.05, 4.69) is 5.32 Å². The Kier molecular flexibility index (Phi) is 3.56. The third kappa shape index (κ3) is 2.35. The summed E-state index contributed by atoms with van der Waals surface area (Å²) in [6.45, 7) is 5.42. The van der Waals surface area contributed by atoms with E-state index in [1.54, 1.807) is 11.8 Å². The first-order valence-electron chi connectivity index (χ1n) is 4.86. The number of nitrogens with one attached hydrogen (secondary N) is 2. The number of quaternary nitrogens is 1. The number of halogens is 1. The van der Waals surface area contributed by atoms with E-state index in [0.29, 0.717) is 6.04 Å². The van der Waals surface area contributed by atoms with Crippen LogP contribution in [0.1, 0.15) is 19.8 Å². The summed E-state index contributed by atoms with van der Waals surface area (Å²) in [6, 6.07) is 0.472. The molecule has 4 heteroatoms. The molecule has 3 rings (SSSR count). The minimum Gasteiger partial charge on any atom is -1.00 e. The Morgan fingerprint density at radius 1 is 1.38 bits per heavy atom. The molecule has 2 N–H and O–H groups in total. The molecule has 3 fully saturated rings. The lowest BCUT2D eigenvalue weighted by molar-refractivity contribution is -0.917.